The smallest absolute Gasteiger partial charge is 0.341 e. The molecule has 0 bridgehead atoms. The van der Waals surface area contributed by atoms with E-state index in [1.807, 2.05) is 13.0 Å². The summed E-state index contributed by atoms with van der Waals surface area (Å²) in [7, 11) is 0. The lowest BCUT2D eigenvalue weighted by atomic mass is 10.1. The Labute approximate surface area is 203 Å². The number of amides is 2. The largest absolute Gasteiger partial charge is 0.462 e. The van der Waals surface area contributed by atoms with Crippen LogP contribution in [0.2, 0.25) is 5.02 Å². The molecule has 0 radical (unpaired) electrons. The fraction of sp³-hybridized carbons (Fsp3) is 0.174. The summed E-state index contributed by atoms with van der Waals surface area (Å²) < 4.78 is 5.11. The van der Waals surface area contributed by atoms with Gasteiger partial charge in [-0.25, -0.2) is 4.79 Å². The first-order valence-corrected chi connectivity index (χ1v) is 11.3. The number of carbonyl (C=O) groups excluding carboxylic acids is 3. The number of nitro benzene ring substituents is 1. The molecule has 1 heterocycles. The number of halogens is 1. The zero-order chi connectivity index (χ0) is 25.0. The summed E-state index contributed by atoms with van der Waals surface area (Å²) in [6.45, 7) is 5.20. The number of aryl methyl sites for hydroxylation is 1. The number of nitrogens with one attached hydrogen (secondary N) is 2. The van der Waals surface area contributed by atoms with Gasteiger partial charge in [0.25, 0.3) is 17.5 Å². The lowest BCUT2D eigenvalue weighted by molar-refractivity contribution is -0.384. The maximum absolute atomic E-state index is 12.9. The second-order valence-electron chi connectivity index (χ2n) is 7.18. The van der Waals surface area contributed by atoms with Crippen LogP contribution in [0.15, 0.2) is 42.5 Å². The predicted molar refractivity (Wildman–Crippen MR) is 130 cm³/mol. The van der Waals surface area contributed by atoms with Gasteiger partial charge in [-0.05, 0) is 56.2 Å². The van der Waals surface area contributed by atoms with Gasteiger partial charge in [0.15, 0.2) is 0 Å². The van der Waals surface area contributed by atoms with Crippen LogP contribution in [-0.4, -0.2) is 29.3 Å². The Balaban J connectivity index is 1.97. The van der Waals surface area contributed by atoms with Crippen molar-refractivity contribution in [3.8, 4) is 0 Å². The molecule has 0 saturated carbocycles. The molecule has 0 aliphatic rings. The minimum atomic E-state index is -0.711. The summed E-state index contributed by atoms with van der Waals surface area (Å²) in [5.74, 6) is -1.87. The number of carbonyl (C=O) groups is 3. The van der Waals surface area contributed by atoms with E-state index in [1.54, 1.807) is 32.0 Å². The first kappa shape index (κ1) is 24.9. The summed E-state index contributed by atoms with van der Waals surface area (Å²) in [6, 6.07) is 10.8. The molecule has 2 N–H and O–H groups in total. The number of ether oxygens (including phenoxy) is 1. The van der Waals surface area contributed by atoms with E-state index < -0.39 is 28.4 Å². The van der Waals surface area contributed by atoms with E-state index in [0.717, 1.165) is 23.0 Å². The molecule has 2 amide bonds. The normalized spacial score (nSPS) is 10.5. The van der Waals surface area contributed by atoms with E-state index in [-0.39, 0.29) is 32.6 Å². The summed E-state index contributed by atoms with van der Waals surface area (Å²) in [5, 5.41) is 16.5. The van der Waals surface area contributed by atoms with Crippen LogP contribution in [0.5, 0.6) is 0 Å². The van der Waals surface area contributed by atoms with Crippen LogP contribution in [0, 0.1) is 24.0 Å². The Bertz CT molecular complexity index is 1300. The van der Waals surface area contributed by atoms with E-state index in [0.29, 0.717) is 11.3 Å². The first-order chi connectivity index (χ1) is 16.1. The van der Waals surface area contributed by atoms with Crippen LogP contribution in [0.4, 0.5) is 16.4 Å². The molecule has 0 spiro atoms. The third-order valence-corrected chi connectivity index (χ3v) is 6.27. The molecule has 0 aliphatic heterocycles. The fourth-order valence-electron chi connectivity index (χ4n) is 3.15. The molecule has 2 aromatic carbocycles. The average molecular weight is 502 g/mol. The van der Waals surface area contributed by atoms with Crippen molar-refractivity contribution in [3.63, 3.8) is 0 Å². The van der Waals surface area contributed by atoms with Gasteiger partial charge in [-0.1, -0.05) is 23.7 Å². The second kappa shape index (κ2) is 10.4. The quantitative estimate of drug-likeness (QED) is 0.246. The molecule has 3 aromatic rings. The maximum atomic E-state index is 12.9. The van der Waals surface area contributed by atoms with Crippen molar-refractivity contribution in [2.24, 2.45) is 0 Å². The number of esters is 1. The minimum absolute atomic E-state index is 0.0391. The van der Waals surface area contributed by atoms with Crippen LogP contribution in [-0.2, 0) is 4.74 Å². The Morgan fingerprint density at radius 3 is 2.47 bits per heavy atom. The van der Waals surface area contributed by atoms with Crippen molar-refractivity contribution in [1.29, 1.82) is 0 Å². The number of hydrogen-bond acceptors (Lipinski definition) is 7. The predicted octanol–water partition coefficient (Wildman–Crippen LogP) is 5.61. The highest BCUT2D eigenvalue weighted by atomic mass is 35.5. The zero-order valence-electron chi connectivity index (χ0n) is 18.4. The van der Waals surface area contributed by atoms with E-state index in [9.17, 15) is 24.5 Å². The van der Waals surface area contributed by atoms with Gasteiger partial charge in [0.05, 0.1) is 22.0 Å². The lowest BCUT2D eigenvalue weighted by Crippen LogP contribution is -2.15. The number of thiophene rings is 1. The van der Waals surface area contributed by atoms with Crippen LogP contribution < -0.4 is 10.6 Å². The number of nitrogens with zero attached hydrogens (tertiary/aromatic N) is 1. The number of hydrogen-bond donors (Lipinski definition) is 2. The monoisotopic (exact) mass is 501 g/mol. The summed E-state index contributed by atoms with van der Waals surface area (Å²) in [6.07, 6.45) is 0. The summed E-state index contributed by atoms with van der Waals surface area (Å²) in [5.41, 5.74) is 1.44. The molecule has 34 heavy (non-hydrogen) atoms. The maximum Gasteiger partial charge on any atom is 0.341 e. The molecule has 0 fully saturated rings. The average Bonchev–Trinajstić information content (AvgIpc) is 3.09. The van der Waals surface area contributed by atoms with E-state index in [2.05, 4.69) is 10.6 Å². The van der Waals surface area contributed by atoms with Gasteiger partial charge >= 0.3 is 5.97 Å². The van der Waals surface area contributed by atoms with Crippen molar-refractivity contribution < 1.29 is 24.0 Å². The highest BCUT2D eigenvalue weighted by Crippen LogP contribution is 2.35. The van der Waals surface area contributed by atoms with E-state index >= 15 is 0 Å². The van der Waals surface area contributed by atoms with Gasteiger partial charge in [0, 0.05) is 17.3 Å². The van der Waals surface area contributed by atoms with E-state index in [1.165, 1.54) is 12.1 Å². The molecular weight excluding hydrogens is 482 g/mol. The minimum Gasteiger partial charge on any atom is -0.462 e. The third-order valence-electron chi connectivity index (χ3n) is 4.74. The molecule has 1 aromatic heterocycles. The Kier molecular flexibility index (Phi) is 7.64. The van der Waals surface area contributed by atoms with Gasteiger partial charge < -0.3 is 15.4 Å². The molecule has 9 nitrogen and oxygen atoms in total. The van der Waals surface area contributed by atoms with Gasteiger partial charge in [-0.2, -0.15) is 0 Å². The van der Waals surface area contributed by atoms with Crippen LogP contribution in [0.25, 0.3) is 0 Å². The Morgan fingerprint density at radius 1 is 1.09 bits per heavy atom. The van der Waals surface area contributed by atoms with Gasteiger partial charge in [0.1, 0.15) is 10.0 Å². The first-order valence-electron chi connectivity index (χ1n) is 10.1. The molecule has 0 unspecified atom stereocenters. The number of rotatable bonds is 7. The number of nitro groups is 1. The zero-order valence-corrected chi connectivity index (χ0v) is 20.0. The topological polar surface area (TPSA) is 128 Å². The SMILES string of the molecule is CCOC(=O)c1c(NC(=O)c2ccc(Cl)c([N+](=O)[O-])c2)sc(C(=O)Nc2cccc(C)c2)c1C. The lowest BCUT2D eigenvalue weighted by Gasteiger charge is -2.07. The molecular formula is C23H20ClN3O6S. The van der Waals surface area contributed by atoms with Gasteiger partial charge in [0.2, 0.25) is 0 Å². The Morgan fingerprint density at radius 2 is 1.82 bits per heavy atom. The van der Waals surface area contributed by atoms with Crippen molar-refractivity contribution in [1.82, 2.24) is 0 Å². The number of anilines is 2. The second-order valence-corrected chi connectivity index (χ2v) is 8.61. The molecule has 3 rings (SSSR count). The summed E-state index contributed by atoms with van der Waals surface area (Å²) in [4.78, 5) is 49.1. The van der Waals surface area contributed by atoms with Gasteiger partial charge in [-0.15, -0.1) is 11.3 Å². The van der Waals surface area contributed by atoms with Crippen molar-refractivity contribution in [2.45, 2.75) is 20.8 Å². The fourth-order valence-corrected chi connectivity index (χ4v) is 4.42. The standard InChI is InChI=1S/C23H20ClN3O6S/c1-4-33-23(30)18-13(3)19(21(29)25-15-7-5-6-12(2)10-15)34-22(18)26-20(28)14-8-9-16(24)17(11-14)27(31)32/h5-11H,4H2,1-3H3,(H,25,29)(H,26,28). The molecule has 0 saturated heterocycles. The van der Waals surface area contributed by atoms with Crippen LogP contribution in [0.1, 0.15) is 48.4 Å². The molecule has 176 valence electrons. The highest BCUT2D eigenvalue weighted by molar-refractivity contribution is 7.19. The van der Waals surface area contributed by atoms with Crippen molar-refractivity contribution >= 4 is 57.1 Å². The van der Waals surface area contributed by atoms with Crippen LogP contribution in [0.3, 0.4) is 0 Å². The Hall–Kier alpha value is -3.76. The van der Waals surface area contributed by atoms with Crippen molar-refractivity contribution in [2.75, 3.05) is 17.2 Å². The highest BCUT2D eigenvalue weighted by Gasteiger charge is 2.27. The van der Waals surface area contributed by atoms with Crippen LogP contribution >= 0.6 is 22.9 Å². The molecule has 0 aliphatic carbocycles. The van der Waals surface area contributed by atoms with E-state index in [4.69, 9.17) is 16.3 Å². The third kappa shape index (κ3) is 5.41. The van der Waals surface area contributed by atoms with Gasteiger partial charge in [-0.3, -0.25) is 19.7 Å². The molecule has 0 atom stereocenters. The number of benzene rings is 2. The van der Waals surface area contributed by atoms with Crippen molar-refractivity contribution in [3.05, 3.63) is 84.7 Å². The molecule has 11 heteroatoms. The summed E-state index contributed by atoms with van der Waals surface area (Å²) >= 11 is 6.72.